The summed E-state index contributed by atoms with van der Waals surface area (Å²) in [6.45, 7) is 7.88. The summed E-state index contributed by atoms with van der Waals surface area (Å²) in [7, 11) is 0. The van der Waals surface area contributed by atoms with Gasteiger partial charge in [-0.2, -0.15) is 0 Å². The molecule has 100 valence electrons. The van der Waals surface area contributed by atoms with E-state index in [-0.39, 0.29) is 0 Å². The number of phenols is 1. The molecule has 1 aromatic rings. The number of hydrogen-bond donors (Lipinski definition) is 2. The Morgan fingerprint density at radius 2 is 1.89 bits per heavy atom. The topological polar surface area (TPSA) is 32.3 Å². The van der Waals surface area contributed by atoms with Gasteiger partial charge in [0.15, 0.2) is 0 Å². The van der Waals surface area contributed by atoms with Crippen LogP contribution in [0, 0.1) is 11.3 Å². The van der Waals surface area contributed by atoms with E-state index in [0.717, 1.165) is 18.9 Å². The predicted molar refractivity (Wildman–Crippen MR) is 75.8 cm³/mol. The highest BCUT2D eigenvalue weighted by molar-refractivity contribution is 5.27. The molecule has 0 heterocycles. The smallest absolute Gasteiger partial charge is 0.115 e. The van der Waals surface area contributed by atoms with E-state index in [0.29, 0.717) is 17.2 Å². The van der Waals surface area contributed by atoms with Crippen LogP contribution < -0.4 is 5.32 Å². The molecule has 2 nitrogen and oxygen atoms in total. The summed E-state index contributed by atoms with van der Waals surface area (Å²) < 4.78 is 0. The summed E-state index contributed by atoms with van der Waals surface area (Å²) in [5.41, 5.74) is 1.68. The average Bonchev–Trinajstić information content (AvgIpc) is 3.14. The first-order valence-electron chi connectivity index (χ1n) is 7.01. The molecule has 0 saturated heterocycles. The van der Waals surface area contributed by atoms with Crippen molar-refractivity contribution in [3.8, 4) is 5.75 Å². The standard InChI is InChI=1S/C16H25NO/c1-12(2)17-11-16(3,14-6-7-14)10-13-4-8-15(18)9-5-13/h4-5,8-9,12,14,17-18H,6-7,10-11H2,1-3H3. The molecule has 0 radical (unpaired) electrons. The molecule has 1 aromatic carbocycles. The predicted octanol–water partition coefficient (Wildman–Crippen LogP) is 3.35. The van der Waals surface area contributed by atoms with Gasteiger partial charge in [0.1, 0.15) is 5.75 Å². The van der Waals surface area contributed by atoms with Crippen molar-refractivity contribution in [2.75, 3.05) is 6.54 Å². The molecule has 2 rings (SSSR count). The third-order valence-electron chi connectivity index (χ3n) is 4.02. The Bertz CT molecular complexity index is 381. The Morgan fingerprint density at radius 1 is 1.28 bits per heavy atom. The highest BCUT2D eigenvalue weighted by Gasteiger charge is 2.41. The van der Waals surface area contributed by atoms with Crippen molar-refractivity contribution in [3.05, 3.63) is 29.8 Å². The van der Waals surface area contributed by atoms with Crippen molar-refractivity contribution in [3.63, 3.8) is 0 Å². The van der Waals surface area contributed by atoms with Crippen LogP contribution in [0.25, 0.3) is 0 Å². The van der Waals surface area contributed by atoms with Gasteiger partial charge in [0.2, 0.25) is 0 Å². The fraction of sp³-hybridized carbons (Fsp3) is 0.625. The van der Waals surface area contributed by atoms with E-state index < -0.39 is 0 Å². The Labute approximate surface area is 110 Å². The minimum atomic E-state index is 0.348. The highest BCUT2D eigenvalue weighted by atomic mass is 16.3. The maximum absolute atomic E-state index is 9.34. The maximum atomic E-state index is 9.34. The van der Waals surface area contributed by atoms with Crippen LogP contribution in [0.4, 0.5) is 0 Å². The number of hydrogen-bond acceptors (Lipinski definition) is 2. The normalized spacial score (nSPS) is 18.9. The minimum absolute atomic E-state index is 0.348. The molecule has 0 aromatic heterocycles. The Morgan fingerprint density at radius 3 is 2.39 bits per heavy atom. The number of phenolic OH excluding ortho intramolecular Hbond substituents is 1. The second-order valence-electron chi connectivity index (χ2n) is 6.31. The molecular weight excluding hydrogens is 222 g/mol. The average molecular weight is 247 g/mol. The van der Waals surface area contributed by atoms with Crippen LogP contribution in [-0.4, -0.2) is 17.7 Å². The number of aromatic hydroxyl groups is 1. The fourth-order valence-electron chi connectivity index (χ4n) is 2.65. The maximum Gasteiger partial charge on any atom is 0.115 e. The molecule has 1 aliphatic rings. The summed E-state index contributed by atoms with van der Waals surface area (Å²) in [5, 5.41) is 12.9. The second kappa shape index (κ2) is 5.31. The van der Waals surface area contributed by atoms with Crippen LogP contribution >= 0.6 is 0 Å². The van der Waals surface area contributed by atoms with Gasteiger partial charge in [-0.25, -0.2) is 0 Å². The number of rotatable bonds is 6. The van der Waals surface area contributed by atoms with E-state index in [2.05, 4.69) is 26.1 Å². The molecule has 1 unspecified atom stereocenters. The molecule has 1 fully saturated rings. The summed E-state index contributed by atoms with van der Waals surface area (Å²) in [6, 6.07) is 8.22. The van der Waals surface area contributed by atoms with Crippen molar-refractivity contribution >= 4 is 0 Å². The summed E-state index contributed by atoms with van der Waals surface area (Å²) in [5.74, 6) is 1.21. The second-order valence-corrected chi connectivity index (χ2v) is 6.31. The Balaban J connectivity index is 2.03. The van der Waals surface area contributed by atoms with Gasteiger partial charge in [0.05, 0.1) is 0 Å². The van der Waals surface area contributed by atoms with E-state index in [1.54, 1.807) is 12.1 Å². The summed E-state index contributed by atoms with van der Waals surface area (Å²) in [6.07, 6.45) is 3.83. The molecule has 1 atom stereocenters. The van der Waals surface area contributed by atoms with E-state index in [1.165, 1.54) is 18.4 Å². The lowest BCUT2D eigenvalue weighted by Crippen LogP contribution is -2.38. The zero-order valence-corrected chi connectivity index (χ0v) is 11.7. The van der Waals surface area contributed by atoms with Gasteiger partial charge in [0, 0.05) is 12.6 Å². The van der Waals surface area contributed by atoms with Crippen LogP contribution in [0.3, 0.4) is 0 Å². The monoisotopic (exact) mass is 247 g/mol. The summed E-state index contributed by atoms with van der Waals surface area (Å²) >= 11 is 0. The lowest BCUT2D eigenvalue weighted by molar-refractivity contribution is 0.248. The Kier molecular flexibility index (Phi) is 3.96. The first-order valence-corrected chi connectivity index (χ1v) is 7.01. The molecule has 0 aliphatic heterocycles. The number of benzene rings is 1. The molecule has 0 spiro atoms. The van der Waals surface area contributed by atoms with Crippen LogP contribution in [-0.2, 0) is 6.42 Å². The fourth-order valence-corrected chi connectivity index (χ4v) is 2.65. The van der Waals surface area contributed by atoms with E-state index in [4.69, 9.17) is 0 Å². The van der Waals surface area contributed by atoms with Crippen LogP contribution in [0.5, 0.6) is 5.75 Å². The van der Waals surface area contributed by atoms with Crippen molar-refractivity contribution in [1.29, 1.82) is 0 Å². The Hall–Kier alpha value is -1.02. The van der Waals surface area contributed by atoms with E-state index in [9.17, 15) is 5.11 Å². The molecule has 0 amide bonds. The van der Waals surface area contributed by atoms with Crippen molar-refractivity contribution in [2.24, 2.45) is 11.3 Å². The number of nitrogens with one attached hydrogen (secondary N) is 1. The van der Waals surface area contributed by atoms with Gasteiger partial charge >= 0.3 is 0 Å². The molecule has 1 saturated carbocycles. The van der Waals surface area contributed by atoms with Crippen molar-refractivity contribution in [2.45, 2.75) is 46.1 Å². The molecule has 1 aliphatic carbocycles. The lowest BCUT2D eigenvalue weighted by Gasteiger charge is -2.31. The third-order valence-corrected chi connectivity index (χ3v) is 4.02. The summed E-state index contributed by atoms with van der Waals surface area (Å²) in [4.78, 5) is 0. The van der Waals surface area contributed by atoms with Gasteiger partial charge in [-0.1, -0.05) is 32.9 Å². The lowest BCUT2D eigenvalue weighted by atomic mass is 9.78. The van der Waals surface area contributed by atoms with Gasteiger partial charge in [-0.3, -0.25) is 0 Å². The molecule has 0 bridgehead atoms. The van der Waals surface area contributed by atoms with Gasteiger partial charge in [-0.15, -0.1) is 0 Å². The van der Waals surface area contributed by atoms with Crippen LogP contribution in [0.2, 0.25) is 0 Å². The first-order chi connectivity index (χ1) is 8.49. The quantitative estimate of drug-likeness (QED) is 0.808. The molecule has 2 N–H and O–H groups in total. The van der Waals surface area contributed by atoms with Crippen molar-refractivity contribution in [1.82, 2.24) is 5.32 Å². The molecule has 2 heteroatoms. The van der Waals surface area contributed by atoms with Crippen LogP contribution in [0.15, 0.2) is 24.3 Å². The third kappa shape index (κ3) is 3.49. The first kappa shape index (κ1) is 13.4. The van der Waals surface area contributed by atoms with Gasteiger partial charge < -0.3 is 10.4 Å². The molecular formula is C16H25NO. The minimum Gasteiger partial charge on any atom is -0.508 e. The van der Waals surface area contributed by atoms with Crippen molar-refractivity contribution < 1.29 is 5.11 Å². The zero-order valence-electron chi connectivity index (χ0n) is 11.7. The van der Waals surface area contributed by atoms with Crippen LogP contribution in [0.1, 0.15) is 39.2 Å². The van der Waals surface area contributed by atoms with E-state index >= 15 is 0 Å². The SMILES string of the molecule is CC(C)NCC(C)(Cc1ccc(O)cc1)C1CC1. The molecule has 18 heavy (non-hydrogen) atoms. The highest BCUT2D eigenvalue weighted by Crippen LogP contribution is 2.47. The van der Waals surface area contributed by atoms with Gasteiger partial charge in [0.25, 0.3) is 0 Å². The largest absolute Gasteiger partial charge is 0.508 e. The van der Waals surface area contributed by atoms with E-state index in [1.807, 2.05) is 12.1 Å². The van der Waals surface area contributed by atoms with Gasteiger partial charge in [-0.05, 0) is 48.3 Å². The zero-order chi connectivity index (χ0) is 13.2.